The molecule has 4 nitrogen and oxygen atoms in total. The van der Waals surface area contributed by atoms with Gasteiger partial charge < -0.3 is 4.42 Å². The zero-order valence-electron chi connectivity index (χ0n) is 6.69. The molecule has 2 aromatic rings. The molecule has 0 aliphatic carbocycles. The number of nitro benzene ring substituents is 1. The summed E-state index contributed by atoms with van der Waals surface area (Å²) in [7, 11) is 0. The first-order valence-corrected chi connectivity index (χ1v) is 3.67. The molecule has 0 unspecified atom stereocenters. The van der Waals surface area contributed by atoms with Crippen molar-refractivity contribution < 1.29 is 9.34 Å². The molecule has 0 spiro atoms. The van der Waals surface area contributed by atoms with Crippen LogP contribution in [0, 0.1) is 17.0 Å². The molecule has 1 aromatic carbocycles. The normalized spacial score (nSPS) is 10.5. The average molecular weight is 176 g/mol. The summed E-state index contributed by atoms with van der Waals surface area (Å²) in [5.74, 6) is 0.510. The number of rotatable bonds is 1. The van der Waals surface area contributed by atoms with Crippen LogP contribution in [0.4, 0.5) is 5.69 Å². The third kappa shape index (κ3) is 1.26. The van der Waals surface area contributed by atoms with Crippen LogP contribution in [0.1, 0.15) is 5.76 Å². The number of hydrogen-bond acceptors (Lipinski definition) is 3. The van der Waals surface area contributed by atoms with Crippen molar-refractivity contribution in [3.8, 4) is 0 Å². The van der Waals surface area contributed by atoms with Gasteiger partial charge in [-0.25, -0.2) is 0 Å². The van der Waals surface area contributed by atoms with E-state index in [1.807, 2.05) is 0 Å². The largest absolute Gasteiger partial charge is 0.461 e. The SMILES string of the molecule is [CH2]c1cc2cc([N+](=O)[O-])ccc2o1. The number of benzene rings is 1. The first-order chi connectivity index (χ1) is 6.16. The molecule has 0 amide bonds. The molecular weight excluding hydrogens is 170 g/mol. The standard InChI is InChI=1S/C9H6NO3/c1-6-4-7-5-8(10(11)12)2-3-9(7)13-6/h2-5H,1H2. The van der Waals surface area contributed by atoms with Crippen LogP contribution in [0.2, 0.25) is 0 Å². The Balaban J connectivity index is 2.67. The Hall–Kier alpha value is -1.84. The number of hydrogen-bond donors (Lipinski definition) is 0. The average Bonchev–Trinajstić information content (AvgIpc) is 2.42. The van der Waals surface area contributed by atoms with Gasteiger partial charge in [-0.15, -0.1) is 0 Å². The molecule has 1 aromatic heterocycles. The molecule has 0 N–H and O–H groups in total. The molecule has 65 valence electrons. The van der Waals surface area contributed by atoms with E-state index in [1.54, 1.807) is 12.1 Å². The second kappa shape index (κ2) is 2.58. The van der Waals surface area contributed by atoms with Crippen molar-refractivity contribution in [3.05, 3.63) is 47.1 Å². The van der Waals surface area contributed by atoms with Crippen LogP contribution in [0.3, 0.4) is 0 Å². The predicted molar refractivity (Wildman–Crippen MR) is 47.3 cm³/mol. The summed E-state index contributed by atoms with van der Waals surface area (Å²) in [5.41, 5.74) is 0.684. The van der Waals surface area contributed by atoms with E-state index in [-0.39, 0.29) is 5.69 Å². The maximum Gasteiger partial charge on any atom is 0.270 e. The van der Waals surface area contributed by atoms with Crippen molar-refractivity contribution in [1.29, 1.82) is 0 Å². The molecular formula is C9H6NO3. The van der Waals surface area contributed by atoms with Gasteiger partial charge in [0.05, 0.1) is 4.92 Å². The fourth-order valence-electron chi connectivity index (χ4n) is 1.20. The number of furan rings is 1. The van der Waals surface area contributed by atoms with Gasteiger partial charge in [0, 0.05) is 24.4 Å². The highest BCUT2D eigenvalue weighted by atomic mass is 16.6. The second-order valence-corrected chi connectivity index (χ2v) is 2.69. The van der Waals surface area contributed by atoms with E-state index in [0.717, 1.165) is 0 Å². The lowest BCUT2D eigenvalue weighted by Gasteiger charge is -1.89. The molecule has 0 aliphatic heterocycles. The quantitative estimate of drug-likeness (QED) is 0.495. The molecule has 1 radical (unpaired) electrons. The predicted octanol–water partition coefficient (Wildman–Crippen LogP) is 2.52. The highest BCUT2D eigenvalue weighted by Gasteiger charge is 2.07. The van der Waals surface area contributed by atoms with Gasteiger partial charge in [0.1, 0.15) is 11.3 Å². The lowest BCUT2D eigenvalue weighted by Crippen LogP contribution is -1.85. The van der Waals surface area contributed by atoms with Gasteiger partial charge in [0.2, 0.25) is 0 Å². The Morgan fingerprint density at radius 1 is 1.38 bits per heavy atom. The molecule has 0 atom stereocenters. The van der Waals surface area contributed by atoms with Crippen LogP contribution in [-0.4, -0.2) is 4.92 Å². The second-order valence-electron chi connectivity index (χ2n) is 2.69. The van der Waals surface area contributed by atoms with E-state index in [2.05, 4.69) is 6.92 Å². The van der Waals surface area contributed by atoms with Crippen LogP contribution >= 0.6 is 0 Å². The van der Waals surface area contributed by atoms with Gasteiger partial charge in [-0.1, -0.05) is 0 Å². The maximum absolute atomic E-state index is 10.4. The van der Waals surface area contributed by atoms with Crippen molar-refractivity contribution in [2.75, 3.05) is 0 Å². The lowest BCUT2D eigenvalue weighted by atomic mass is 10.2. The maximum atomic E-state index is 10.4. The molecule has 13 heavy (non-hydrogen) atoms. The number of nitro groups is 1. The first-order valence-electron chi connectivity index (χ1n) is 3.67. The number of nitrogens with zero attached hydrogens (tertiary/aromatic N) is 1. The van der Waals surface area contributed by atoms with Crippen LogP contribution in [0.25, 0.3) is 11.0 Å². The highest BCUT2D eigenvalue weighted by Crippen LogP contribution is 2.23. The Bertz CT molecular complexity index is 473. The van der Waals surface area contributed by atoms with Crippen LogP contribution in [0.5, 0.6) is 0 Å². The highest BCUT2D eigenvalue weighted by molar-refractivity contribution is 5.80. The molecule has 0 saturated heterocycles. The van der Waals surface area contributed by atoms with E-state index < -0.39 is 4.92 Å². The number of non-ortho nitro benzene ring substituents is 1. The Labute approximate surface area is 73.9 Å². The Kier molecular flexibility index (Phi) is 1.55. The third-order valence-corrected chi connectivity index (χ3v) is 1.76. The van der Waals surface area contributed by atoms with Crippen molar-refractivity contribution >= 4 is 16.7 Å². The minimum Gasteiger partial charge on any atom is -0.461 e. The topological polar surface area (TPSA) is 56.3 Å². The van der Waals surface area contributed by atoms with Gasteiger partial charge >= 0.3 is 0 Å². The van der Waals surface area contributed by atoms with Crippen molar-refractivity contribution in [1.82, 2.24) is 0 Å². The van der Waals surface area contributed by atoms with Gasteiger partial charge in [-0.2, -0.15) is 0 Å². The van der Waals surface area contributed by atoms with Crippen LogP contribution in [-0.2, 0) is 0 Å². The van der Waals surface area contributed by atoms with Gasteiger partial charge in [0.25, 0.3) is 5.69 Å². The molecule has 0 saturated carbocycles. The summed E-state index contributed by atoms with van der Waals surface area (Å²) in [5, 5.41) is 11.1. The fourth-order valence-corrected chi connectivity index (χ4v) is 1.20. The molecule has 0 fully saturated rings. The molecule has 2 rings (SSSR count). The molecule has 4 heteroatoms. The summed E-state index contributed by atoms with van der Waals surface area (Å²) >= 11 is 0. The van der Waals surface area contributed by atoms with Crippen molar-refractivity contribution in [3.63, 3.8) is 0 Å². The monoisotopic (exact) mass is 176 g/mol. The van der Waals surface area contributed by atoms with Gasteiger partial charge in [-0.3, -0.25) is 10.1 Å². The number of fused-ring (bicyclic) bond motifs is 1. The van der Waals surface area contributed by atoms with E-state index in [4.69, 9.17) is 4.42 Å². The van der Waals surface area contributed by atoms with E-state index in [1.165, 1.54) is 12.1 Å². The smallest absolute Gasteiger partial charge is 0.270 e. The fraction of sp³-hybridized carbons (Fsp3) is 0. The summed E-state index contributed by atoms with van der Waals surface area (Å²) < 4.78 is 5.17. The lowest BCUT2D eigenvalue weighted by molar-refractivity contribution is -0.384. The zero-order valence-corrected chi connectivity index (χ0v) is 6.69. The Morgan fingerprint density at radius 2 is 2.15 bits per heavy atom. The van der Waals surface area contributed by atoms with Crippen LogP contribution in [0.15, 0.2) is 28.7 Å². The molecule has 0 bridgehead atoms. The van der Waals surface area contributed by atoms with E-state index in [0.29, 0.717) is 16.7 Å². The zero-order chi connectivity index (χ0) is 9.42. The summed E-state index contributed by atoms with van der Waals surface area (Å²) in [6.07, 6.45) is 0. The first kappa shape index (κ1) is 7.79. The van der Waals surface area contributed by atoms with Crippen LogP contribution < -0.4 is 0 Å². The van der Waals surface area contributed by atoms with E-state index >= 15 is 0 Å². The summed E-state index contributed by atoms with van der Waals surface area (Å²) in [6, 6.07) is 6.11. The third-order valence-electron chi connectivity index (χ3n) is 1.76. The Morgan fingerprint density at radius 3 is 2.85 bits per heavy atom. The minimum absolute atomic E-state index is 0.0632. The summed E-state index contributed by atoms with van der Waals surface area (Å²) in [6.45, 7) is 3.60. The molecule has 1 heterocycles. The molecule has 0 aliphatic rings. The minimum atomic E-state index is -0.435. The summed E-state index contributed by atoms with van der Waals surface area (Å²) in [4.78, 5) is 9.98. The van der Waals surface area contributed by atoms with Gasteiger partial charge in [-0.05, 0) is 12.1 Å². The van der Waals surface area contributed by atoms with Crippen molar-refractivity contribution in [2.24, 2.45) is 0 Å². The van der Waals surface area contributed by atoms with Crippen molar-refractivity contribution in [2.45, 2.75) is 0 Å². The van der Waals surface area contributed by atoms with E-state index in [9.17, 15) is 10.1 Å². The van der Waals surface area contributed by atoms with Gasteiger partial charge in [0.15, 0.2) is 0 Å².